The first kappa shape index (κ1) is 23.3. The molecule has 0 radical (unpaired) electrons. The number of para-hydroxylation sites is 1. The van der Waals surface area contributed by atoms with Gasteiger partial charge in [-0.2, -0.15) is 5.26 Å². The molecule has 2 aromatic heterocycles. The van der Waals surface area contributed by atoms with Gasteiger partial charge in [0.05, 0.1) is 31.9 Å². The molecule has 0 aliphatic rings. The smallest absolute Gasteiger partial charge is 0.238 e. The normalized spacial score (nSPS) is 12.8. The number of aliphatic hydroxyl groups is 1. The summed E-state index contributed by atoms with van der Waals surface area (Å²) in [6, 6.07) is 14.2. The van der Waals surface area contributed by atoms with Crippen LogP contribution >= 0.6 is 23.1 Å². The average molecular weight is 500 g/mol. The van der Waals surface area contributed by atoms with Crippen molar-refractivity contribution in [2.24, 2.45) is 5.14 Å². The minimum Gasteiger partial charge on any atom is -0.510 e. The van der Waals surface area contributed by atoms with Crippen LogP contribution in [-0.4, -0.2) is 33.8 Å². The second-order valence-electron chi connectivity index (χ2n) is 7.30. The quantitative estimate of drug-likeness (QED) is 0.204. The molecule has 0 saturated carbocycles. The van der Waals surface area contributed by atoms with Gasteiger partial charge in [0, 0.05) is 6.54 Å². The number of hydrogen-bond acceptors (Lipinski definition) is 8. The molecule has 2 aromatic carbocycles. The molecule has 170 valence electrons. The van der Waals surface area contributed by atoms with E-state index in [9.17, 15) is 18.8 Å². The van der Waals surface area contributed by atoms with Gasteiger partial charge in [0.25, 0.3) is 0 Å². The molecular weight excluding hydrogens is 478 g/mol. The molecule has 0 fully saturated rings. The highest BCUT2D eigenvalue weighted by molar-refractivity contribution is 7.99. The van der Waals surface area contributed by atoms with Gasteiger partial charge in [-0.1, -0.05) is 37.2 Å². The third kappa shape index (κ3) is 4.89. The topological polar surface area (TPSA) is 135 Å². The third-order valence-electron chi connectivity index (χ3n) is 4.99. The van der Waals surface area contributed by atoms with Gasteiger partial charge in [0.2, 0.25) is 10.0 Å². The van der Waals surface area contributed by atoms with E-state index in [-0.39, 0.29) is 22.0 Å². The number of thioether (sulfide) groups is 1. The number of nitrogens with two attached hydrogens (primary N) is 1. The van der Waals surface area contributed by atoms with Crippen LogP contribution in [0.4, 0.5) is 0 Å². The maximum Gasteiger partial charge on any atom is 0.238 e. The second-order valence-corrected chi connectivity index (χ2v) is 10.8. The lowest BCUT2D eigenvalue weighted by molar-refractivity contribution is 0.420. The van der Waals surface area contributed by atoms with Crippen molar-refractivity contribution in [1.29, 1.82) is 5.26 Å². The summed E-state index contributed by atoms with van der Waals surface area (Å²) in [7, 11) is -3.84. The van der Waals surface area contributed by atoms with Gasteiger partial charge in [-0.25, -0.2) is 23.5 Å². The molecule has 11 heteroatoms. The van der Waals surface area contributed by atoms with Gasteiger partial charge in [-0.3, -0.25) is 0 Å². The number of aromatic nitrogens is 3. The fourth-order valence-corrected chi connectivity index (χ4v) is 5.76. The van der Waals surface area contributed by atoms with Crippen molar-refractivity contribution in [3.05, 3.63) is 53.2 Å². The Bertz CT molecular complexity index is 1480. The zero-order chi connectivity index (χ0) is 23.6. The molecule has 0 bridgehead atoms. The van der Waals surface area contributed by atoms with Crippen LogP contribution < -0.4 is 5.14 Å². The predicted octanol–water partition coefficient (Wildman–Crippen LogP) is 4.68. The van der Waals surface area contributed by atoms with Crippen molar-refractivity contribution in [2.75, 3.05) is 5.75 Å². The van der Waals surface area contributed by atoms with Crippen molar-refractivity contribution in [3.8, 4) is 6.07 Å². The molecule has 0 saturated heterocycles. The van der Waals surface area contributed by atoms with Crippen molar-refractivity contribution in [2.45, 2.75) is 36.4 Å². The molecule has 0 amide bonds. The lowest BCUT2D eigenvalue weighted by Gasteiger charge is -2.08. The van der Waals surface area contributed by atoms with Crippen LogP contribution in [-0.2, 0) is 16.6 Å². The maximum absolute atomic E-state index is 11.7. The maximum atomic E-state index is 11.7. The van der Waals surface area contributed by atoms with Crippen molar-refractivity contribution >= 4 is 59.9 Å². The lowest BCUT2D eigenvalue weighted by atomic mass is 10.2. The van der Waals surface area contributed by atoms with Gasteiger partial charge in [-0.05, 0) is 36.8 Å². The monoisotopic (exact) mass is 499 g/mol. The first-order chi connectivity index (χ1) is 15.8. The first-order valence-corrected chi connectivity index (χ1v) is 13.5. The number of imidazole rings is 1. The predicted molar refractivity (Wildman–Crippen MR) is 132 cm³/mol. The Morgan fingerprint density at radius 2 is 2.03 bits per heavy atom. The highest BCUT2D eigenvalue weighted by Gasteiger charge is 2.18. The van der Waals surface area contributed by atoms with E-state index in [1.54, 1.807) is 6.07 Å². The van der Waals surface area contributed by atoms with E-state index in [2.05, 4.69) is 23.0 Å². The Balaban J connectivity index is 1.67. The molecule has 0 unspecified atom stereocenters. The summed E-state index contributed by atoms with van der Waals surface area (Å²) >= 11 is 2.63. The Labute approximate surface area is 199 Å². The van der Waals surface area contributed by atoms with Crippen LogP contribution in [0.15, 0.2) is 58.3 Å². The van der Waals surface area contributed by atoms with Crippen LogP contribution in [0.25, 0.3) is 26.8 Å². The molecular formula is C22H21N5O3S3. The van der Waals surface area contributed by atoms with Crippen LogP contribution in [0.1, 0.15) is 24.8 Å². The number of aliphatic hydroxyl groups excluding tert-OH is 1. The van der Waals surface area contributed by atoms with Gasteiger partial charge in [0.15, 0.2) is 5.16 Å². The van der Waals surface area contributed by atoms with Crippen LogP contribution in [0.3, 0.4) is 0 Å². The van der Waals surface area contributed by atoms with E-state index in [1.807, 2.05) is 28.8 Å². The molecule has 2 heterocycles. The Morgan fingerprint density at radius 1 is 1.24 bits per heavy atom. The van der Waals surface area contributed by atoms with Crippen molar-refractivity contribution < 1.29 is 13.5 Å². The van der Waals surface area contributed by atoms with Gasteiger partial charge in [0.1, 0.15) is 22.4 Å². The number of primary sulfonamides is 1. The number of nitriles is 1. The minimum atomic E-state index is -3.84. The average Bonchev–Trinajstić information content (AvgIpc) is 3.36. The van der Waals surface area contributed by atoms with E-state index in [0.717, 1.165) is 28.6 Å². The van der Waals surface area contributed by atoms with Gasteiger partial charge in [-0.15, -0.1) is 11.3 Å². The summed E-state index contributed by atoms with van der Waals surface area (Å²) in [5.41, 5.74) is 2.21. The summed E-state index contributed by atoms with van der Waals surface area (Å²) in [6.07, 6.45) is 1.88. The first-order valence-electron chi connectivity index (χ1n) is 10.2. The standard InChI is InChI=1S/C22H21N5O3S3/c1-2-3-10-27-18-9-8-14(33(24,29)30)11-17(18)26-22(27)31-13-19(28)15(12-23)21-25-16-6-4-5-7-20(16)32-21/h4-9,11,28H,2-3,10,13H2,1H3,(H2,24,29,30)/b19-15-. The van der Waals surface area contributed by atoms with Crippen LogP contribution in [0.5, 0.6) is 0 Å². The summed E-state index contributed by atoms with van der Waals surface area (Å²) < 4.78 is 26.4. The molecule has 0 aliphatic heterocycles. The molecule has 33 heavy (non-hydrogen) atoms. The third-order valence-corrected chi connectivity index (χ3v) is 7.95. The van der Waals surface area contributed by atoms with E-state index in [0.29, 0.717) is 22.2 Å². The largest absolute Gasteiger partial charge is 0.510 e. The second kappa shape index (κ2) is 9.52. The van der Waals surface area contributed by atoms with Gasteiger partial charge >= 0.3 is 0 Å². The Hall–Kier alpha value is -2.91. The lowest BCUT2D eigenvalue weighted by Crippen LogP contribution is -2.11. The number of rotatable bonds is 8. The molecule has 4 aromatic rings. The zero-order valence-corrected chi connectivity index (χ0v) is 20.2. The van der Waals surface area contributed by atoms with Crippen LogP contribution in [0.2, 0.25) is 0 Å². The van der Waals surface area contributed by atoms with Crippen LogP contribution in [0, 0.1) is 11.3 Å². The molecule has 3 N–H and O–H groups in total. The van der Waals surface area contributed by atoms with Crippen molar-refractivity contribution in [1.82, 2.24) is 14.5 Å². The summed E-state index contributed by atoms with van der Waals surface area (Å²) in [4.78, 5) is 9.04. The molecule has 0 aliphatic carbocycles. The highest BCUT2D eigenvalue weighted by Crippen LogP contribution is 2.31. The summed E-state index contributed by atoms with van der Waals surface area (Å²) in [6.45, 7) is 2.77. The zero-order valence-electron chi connectivity index (χ0n) is 17.7. The van der Waals surface area contributed by atoms with Gasteiger partial charge < -0.3 is 9.67 Å². The number of thiazole rings is 1. The molecule has 4 rings (SSSR count). The SMILES string of the molecule is CCCCn1c(SC/C(O)=C(\C#N)c2nc3ccccc3s2)nc2cc(S(N)(=O)=O)ccc21. The number of unbranched alkanes of at least 4 members (excludes halogenated alkanes) is 1. The number of hydrogen-bond donors (Lipinski definition) is 2. The number of allylic oxidation sites excluding steroid dienone is 1. The summed E-state index contributed by atoms with van der Waals surface area (Å²) in [5, 5.41) is 26.7. The van der Waals surface area contributed by atoms with Crippen molar-refractivity contribution in [3.63, 3.8) is 0 Å². The number of sulfonamides is 1. The Morgan fingerprint density at radius 3 is 2.73 bits per heavy atom. The fourth-order valence-electron chi connectivity index (χ4n) is 3.33. The highest BCUT2D eigenvalue weighted by atomic mass is 32.2. The minimum absolute atomic E-state index is 0.00274. The van der Waals surface area contributed by atoms with E-state index in [4.69, 9.17) is 5.14 Å². The summed E-state index contributed by atoms with van der Waals surface area (Å²) in [5.74, 6) is 0.0388. The molecule has 8 nitrogen and oxygen atoms in total. The number of aryl methyl sites for hydroxylation is 1. The number of benzene rings is 2. The van der Waals surface area contributed by atoms with E-state index >= 15 is 0 Å². The van der Waals surface area contributed by atoms with E-state index in [1.165, 1.54) is 35.2 Å². The number of fused-ring (bicyclic) bond motifs is 2. The fraction of sp³-hybridized carbons (Fsp3) is 0.227. The molecule has 0 spiro atoms. The number of nitrogens with zero attached hydrogens (tertiary/aromatic N) is 4. The molecule has 0 atom stereocenters. The van der Waals surface area contributed by atoms with E-state index < -0.39 is 10.0 Å². The Kier molecular flexibility index (Phi) is 6.71.